The van der Waals surface area contributed by atoms with Crippen molar-refractivity contribution in [1.82, 2.24) is 9.80 Å². The van der Waals surface area contributed by atoms with E-state index in [1.54, 1.807) is 6.07 Å². The molecule has 0 N–H and O–H groups in total. The van der Waals surface area contributed by atoms with Crippen molar-refractivity contribution >= 4 is 11.6 Å². The van der Waals surface area contributed by atoms with Gasteiger partial charge in [0.15, 0.2) is 0 Å². The van der Waals surface area contributed by atoms with E-state index in [2.05, 4.69) is 23.9 Å². The molecule has 1 spiro atoms. The van der Waals surface area contributed by atoms with Gasteiger partial charge in [-0.25, -0.2) is 4.39 Å². The Labute approximate surface area is 137 Å². The summed E-state index contributed by atoms with van der Waals surface area (Å²) >= 11 is 5.75. The normalized spacial score (nSPS) is 29.6. The zero-order chi connectivity index (χ0) is 15.7. The van der Waals surface area contributed by atoms with E-state index in [1.165, 1.54) is 6.07 Å². The highest BCUT2D eigenvalue weighted by Crippen LogP contribution is 2.36. The number of ether oxygens (including phenoxy) is 1. The van der Waals surface area contributed by atoms with Crippen LogP contribution in [0.25, 0.3) is 0 Å². The first-order valence-corrected chi connectivity index (χ1v) is 8.32. The van der Waals surface area contributed by atoms with Gasteiger partial charge in [0.2, 0.25) is 0 Å². The first kappa shape index (κ1) is 16.2. The molecular formula is C17H24ClFN2O. The second kappa shape index (κ2) is 6.44. The van der Waals surface area contributed by atoms with Crippen molar-refractivity contribution in [3.8, 4) is 0 Å². The fraction of sp³-hybridized carbons (Fsp3) is 0.647. The van der Waals surface area contributed by atoms with Crippen molar-refractivity contribution in [2.45, 2.75) is 37.5 Å². The molecule has 1 aromatic carbocycles. The minimum Gasteiger partial charge on any atom is -0.373 e. The molecule has 2 aliphatic heterocycles. The van der Waals surface area contributed by atoms with Crippen LogP contribution in [0.2, 0.25) is 5.02 Å². The van der Waals surface area contributed by atoms with E-state index in [1.807, 2.05) is 6.07 Å². The highest BCUT2D eigenvalue weighted by molar-refractivity contribution is 6.30. The van der Waals surface area contributed by atoms with Crippen LogP contribution in [0.1, 0.15) is 24.8 Å². The lowest BCUT2D eigenvalue weighted by Crippen LogP contribution is -2.48. The first-order valence-electron chi connectivity index (χ1n) is 7.94. The van der Waals surface area contributed by atoms with Crippen molar-refractivity contribution < 1.29 is 9.13 Å². The topological polar surface area (TPSA) is 15.7 Å². The number of halogens is 2. The van der Waals surface area contributed by atoms with Crippen LogP contribution < -0.4 is 0 Å². The van der Waals surface area contributed by atoms with Gasteiger partial charge in [-0.05, 0) is 51.1 Å². The SMILES string of the molecule is CN(C)[C@H]1CCO[C@@]2(CCN(Cc3ccc(Cl)c(F)c3)C2)C1. The van der Waals surface area contributed by atoms with E-state index in [0.29, 0.717) is 6.04 Å². The molecule has 2 saturated heterocycles. The average Bonchev–Trinajstić information content (AvgIpc) is 2.85. The Morgan fingerprint density at radius 2 is 2.27 bits per heavy atom. The Morgan fingerprint density at radius 3 is 3.00 bits per heavy atom. The maximum absolute atomic E-state index is 13.6. The summed E-state index contributed by atoms with van der Waals surface area (Å²) in [6.45, 7) is 3.53. The number of benzene rings is 1. The monoisotopic (exact) mass is 326 g/mol. The number of hydrogen-bond donors (Lipinski definition) is 0. The van der Waals surface area contributed by atoms with Crippen LogP contribution in [0.5, 0.6) is 0 Å². The maximum atomic E-state index is 13.6. The summed E-state index contributed by atoms with van der Waals surface area (Å²) in [5.41, 5.74) is 0.956. The average molecular weight is 327 g/mol. The quantitative estimate of drug-likeness (QED) is 0.848. The maximum Gasteiger partial charge on any atom is 0.142 e. The Hall–Kier alpha value is -0.680. The fourth-order valence-corrected chi connectivity index (χ4v) is 3.80. The van der Waals surface area contributed by atoms with Crippen molar-refractivity contribution in [1.29, 1.82) is 0 Å². The summed E-state index contributed by atoms with van der Waals surface area (Å²) in [5, 5.41) is 0.186. The van der Waals surface area contributed by atoms with Gasteiger partial charge in [-0.3, -0.25) is 4.90 Å². The molecule has 0 amide bonds. The van der Waals surface area contributed by atoms with Crippen LogP contribution in [0, 0.1) is 5.82 Å². The van der Waals surface area contributed by atoms with Gasteiger partial charge in [0, 0.05) is 32.3 Å². The molecule has 0 bridgehead atoms. The highest BCUT2D eigenvalue weighted by atomic mass is 35.5. The molecule has 2 aliphatic rings. The minimum atomic E-state index is -0.338. The Balaban J connectivity index is 1.63. The van der Waals surface area contributed by atoms with Crippen LogP contribution in [0.4, 0.5) is 4.39 Å². The molecular weight excluding hydrogens is 303 g/mol. The minimum absolute atomic E-state index is 0.0157. The summed E-state index contributed by atoms with van der Waals surface area (Å²) in [6.07, 6.45) is 3.26. The zero-order valence-electron chi connectivity index (χ0n) is 13.3. The number of hydrogen-bond acceptors (Lipinski definition) is 3. The molecule has 22 heavy (non-hydrogen) atoms. The molecule has 2 atom stereocenters. The van der Waals surface area contributed by atoms with Crippen LogP contribution >= 0.6 is 11.6 Å². The largest absolute Gasteiger partial charge is 0.373 e. The van der Waals surface area contributed by atoms with Crippen molar-refractivity contribution in [3.05, 3.63) is 34.6 Å². The number of nitrogens with zero attached hydrogens (tertiary/aromatic N) is 2. The van der Waals surface area contributed by atoms with Crippen LogP contribution in [-0.4, -0.2) is 55.2 Å². The molecule has 0 aliphatic carbocycles. The van der Waals surface area contributed by atoms with E-state index in [0.717, 1.165) is 51.1 Å². The molecule has 3 nitrogen and oxygen atoms in total. The van der Waals surface area contributed by atoms with E-state index >= 15 is 0 Å². The lowest BCUT2D eigenvalue weighted by Gasteiger charge is -2.40. The van der Waals surface area contributed by atoms with Gasteiger partial charge in [-0.1, -0.05) is 17.7 Å². The standard InChI is InChI=1S/C17H24ClFN2O/c1-20(2)14-5-8-22-17(10-14)6-7-21(12-17)11-13-3-4-15(18)16(19)9-13/h3-4,9,14H,5-8,10-12H2,1-2H3/t14-,17-/m0/s1. The molecule has 0 unspecified atom stereocenters. The highest BCUT2D eigenvalue weighted by Gasteiger charge is 2.43. The van der Waals surface area contributed by atoms with Crippen molar-refractivity contribution in [2.24, 2.45) is 0 Å². The van der Waals surface area contributed by atoms with E-state index in [9.17, 15) is 4.39 Å². The lowest BCUT2D eigenvalue weighted by molar-refractivity contribution is -0.0932. The van der Waals surface area contributed by atoms with E-state index in [4.69, 9.17) is 16.3 Å². The summed E-state index contributed by atoms with van der Waals surface area (Å²) in [7, 11) is 4.29. The molecule has 0 aromatic heterocycles. The molecule has 2 fully saturated rings. The fourth-order valence-electron chi connectivity index (χ4n) is 3.69. The third kappa shape index (κ3) is 3.46. The van der Waals surface area contributed by atoms with Crippen LogP contribution in [-0.2, 0) is 11.3 Å². The second-order valence-corrected chi connectivity index (χ2v) is 7.26. The predicted molar refractivity (Wildman–Crippen MR) is 86.7 cm³/mol. The zero-order valence-corrected chi connectivity index (χ0v) is 14.1. The number of rotatable bonds is 3. The van der Waals surface area contributed by atoms with Gasteiger partial charge in [-0.15, -0.1) is 0 Å². The lowest BCUT2D eigenvalue weighted by atomic mass is 9.89. The van der Waals surface area contributed by atoms with Gasteiger partial charge in [0.1, 0.15) is 5.82 Å². The van der Waals surface area contributed by atoms with Gasteiger partial charge < -0.3 is 9.64 Å². The summed E-state index contributed by atoms with van der Waals surface area (Å²) < 4.78 is 19.7. The van der Waals surface area contributed by atoms with Gasteiger partial charge in [-0.2, -0.15) is 0 Å². The second-order valence-electron chi connectivity index (χ2n) is 6.85. The molecule has 0 radical (unpaired) electrons. The summed E-state index contributed by atoms with van der Waals surface area (Å²) in [5.74, 6) is -0.338. The molecule has 5 heteroatoms. The van der Waals surface area contributed by atoms with E-state index in [-0.39, 0.29) is 16.4 Å². The van der Waals surface area contributed by atoms with Gasteiger partial charge >= 0.3 is 0 Å². The first-order chi connectivity index (χ1) is 10.5. The van der Waals surface area contributed by atoms with Crippen LogP contribution in [0.15, 0.2) is 18.2 Å². The van der Waals surface area contributed by atoms with Crippen molar-refractivity contribution in [2.75, 3.05) is 33.8 Å². The molecule has 122 valence electrons. The smallest absolute Gasteiger partial charge is 0.142 e. The van der Waals surface area contributed by atoms with Gasteiger partial charge in [0.05, 0.1) is 10.6 Å². The Bertz CT molecular complexity index is 539. The number of likely N-dealkylation sites (tertiary alicyclic amines) is 1. The van der Waals surface area contributed by atoms with Gasteiger partial charge in [0.25, 0.3) is 0 Å². The molecule has 2 heterocycles. The summed E-state index contributed by atoms with van der Waals surface area (Å²) in [4.78, 5) is 4.67. The summed E-state index contributed by atoms with van der Waals surface area (Å²) in [6, 6.07) is 5.68. The third-order valence-corrected chi connectivity index (χ3v) is 5.29. The Kier molecular flexibility index (Phi) is 4.74. The predicted octanol–water partition coefficient (Wildman–Crippen LogP) is 3.16. The van der Waals surface area contributed by atoms with Crippen molar-refractivity contribution in [3.63, 3.8) is 0 Å². The Morgan fingerprint density at radius 1 is 1.45 bits per heavy atom. The molecule has 3 rings (SSSR count). The van der Waals surface area contributed by atoms with Crippen LogP contribution in [0.3, 0.4) is 0 Å². The molecule has 1 aromatic rings. The van der Waals surface area contributed by atoms with E-state index < -0.39 is 0 Å². The molecule has 0 saturated carbocycles. The third-order valence-electron chi connectivity index (χ3n) is 4.98.